The number of carbonyl (C=O) groups is 1. The molecule has 0 spiro atoms. The van der Waals surface area contributed by atoms with E-state index in [2.05, 4.69) is 16.1 Å². The Kier molecular flexibility index (Phi) is 6.28. The van der Waals surface area contributed by atoms with Crippen molar-refractivity contribution in [3.63, 3.8) is 0 Å². The Balaban J connectivity index is 1.43. The second-order valence-electron chi connectivity index (χ2n) is 10.1. The summed E-state index contributed by atoms with van der Waals surface area (Å²) in [5.41, 5.74) is 10.0. The molecular formula is C28H27N6O6-. The number of fused-ring (bicyclic) bond motifs is 3. The number of imidazole rings is 1. The fourth-order valence-electron chi connectivity index (χ4n) is 4.79. The Hall–Kier alpha value is -4.68. The summed E-state index contributed by atoms with van der Waals surface area (Å²) in [7, 11) is 0. The number of hydrazine groups is 1. The number of hydrazone groups is 1. The Morgan fingerprint density at radius 2 is 1.90 bits per heavy atom. The number of esters is 1. The van der Waals surface area contributed by atoms with Gasteiger partial charge in [0, 0.05) is 19.5 Å². The molecule has 0 saturated carbocycles. The van der Waals surface area contributed by atoms with Crippen LogP contribution in [-0.4, -0.2) is 38.1 Å². The van der Waals surface area contributed by atoms with Crippen molar-refractivity contribution in [2.24, 2.45) is 5.10 Å². The summed E-state index contributed by atoms with van der Waals surface area (Å²) in [6.45, 7) is 5.05. The second kappa shape index (κ2) is 9.81. The molecule has 12 nitrogen and oxygen atoms in total. The largest absolute Gasteiger partial charge is 0.519 e. The standard InChI is InChI=1S/C28H27N6O6/c1-16-21(40-27(36)39-16)15-38-26(35)23-24(28(2,3)37)29-22-12-13-34-31-25(30-32-34)20-7-5-4-6-19(20)18-10-8-17(9-11-18)14-33(22)23/h4-11,32,37H,12-15H2,1-3H3/q-1. The minimum atomic E-state index is -1.45. The Bertz CT molecular complexity index is 1670. The van der Waals surface area contributed by atoms with Crippen LogP contribution in [0.5, 0.6) is 0 Å². The van der Waals surface area contributed by atoms with Crippen LogP contribution >= 0.6 is 0 Å². The van der Waals surface area contributed by atoms with E-state index in [-0.39, 0.29) is 29.5 Å². The zero-order valence-corrected chi connectivity index (χ0v) is 22.2. The van der Waals surface area contributed by atoms with E-state index in [4.69, 9.17) is 18.6 Å². The van der Waals surface area contributed by atoms with E-state index < -0.39 is 17.4 Å². The molecule has 0 atom stereocenters. The van der Waals surface area contributed by atoms with Gasteiger partial charge in [0.2, 0.25) is 0 Å². The van der Waals surface area contributed by atoms with E-state index in [1.54, 1.807) is 30.5 Å². The molecule has 4 bridgehead atoms. The first-order valence-corrected chi connectivity index (χ1v) is 12.8. The van der Waals surface area contributed by atoms with Gasteiger partial charge in [-0.15, -0.1) is 0 Å². The van der Waals surface area contributed by atoms with Crippen molar-refractivity contribution in [2.45, 2.75) is 45.9 Å². The molecule has 40 heavy (non-hydrogen) atoms. The number of rotatable bonds is 4. The lowest BCUT2D eigenvalue weighted by molar-refractivity contribution is 0.0395. The summed E-state index contributed by atoms with van der Waals surface area (Å²) in [6, 6.07) is 15.9. The number of aromatic nitrogens is 2. The molecule has 206 valence electrons. The highest BCUT2D eigenvalue weighted by Crippen LogP contribution is 2.30. The maximum Gasteiger partial charge on any atom is 0.519 e. The normalized spacial score (nSPS) is 14.7. The van der Waals surface area contributed by atoms with Gasteiger partial charge in [0.25, 0.3) is 0 Å². The molecule has 2 N–H and O–H groups in total. The lowest BCUT2D eigenvalue weighted by Gasteiger charge is -2.21. The van der Waals surface area contributed by atoms with Crippen LogP contribution in [0.15, 0.2) is 67.3 Å². The number of nitrogens with zero attached hydrogens (tertiary/aromatic N) is 5. The van der Waals surface area contributed by atoms with E-state index >= 15 is 0 Å². The highest BCUT2D eigenvalue weighted by Gasteiger charge is 2.33. The van der Waals surface area contributed by atoms with Gasteiger partial charge < -0.3 is 38.9 Å². The Morgan fingerprint density at radius 3 is 2.60 bits per heavy atom. The first kappa shape index (κ1) is 25.6. The minimum absolute atomic E-state index is 0.107. The zero-order chi connectivity index (χ0) is 28.0. The van der Waals surface area contributed by atoms with Crippen molar-refractivity contribution in [1.29, 1.82) is 0 Å². The molecule has 2 aromatic carbocycles. The van der Waals surface area contributed by atoms with Gasteiger partial charge in [-0.25, -0.2) is 20.1 Å². The molecule has 4 aromatic rings. The van der Waals surface area contributed by atoms with Crippen LogP contribution in [0.1, 0.15) is 58.5 Å². The number of carbonyl (C=O) groups excluding carboxylic acids is 1. The highest BCUT2D eigenvalue weighted by molar-refractivity contribution is 6.12. The number of amidine groups is 1. The van der Waals surface area contributed by atoms with Gasteiger partial charge in [-0.3, -0.25) is 0 Å². The van der Waals surface area contributed by atoms with E-state index in [1.807, 2.05) is 48.5 Å². The SMILES string of the molecule is Cc1oc(=O)oc1COC(=O)c1c(C(C)(C)O)nc2n1Cc1ccc(cc1)-c1ccccc1C1=NN(CC2)N[N-]1. The van der Waals surface area contributed by atoms with Gasteiger partial charge in [0.15, 0.2) is 23.8 Å². The summed E-state index contributed by atoms with van der Waals surface area (Å²) < 4.78 is 17.1. The van der Waals surface area contributed by atoms with Crippen molar-refractivity contribution >= 4 is 11.8 Å². The number of ether oxygens (including phenoxy) is 1. The van der Waals surface area contributed by atoms with Crippen LogP contribution in [0.25, 0.3) is 16.6 Å². The van der Waals surface area contributed by atoms with Crippen LogP contribution in [0.3, 0.4) is 0 Å². The molecule has 3 aliphatic rings. The third-order valence-electron chi connectivity index (χ3n) is 6.80. The number of aliphatic hydroxyl groups is 1. The average Bonchev–Trinajstić information content (AvgIpc) is 3.63. The van der Waals surface area contributed by atoms with E-state index in [0.717, 1.165) is 22.3 Å². The quantitative estimate of drug-likeness (QED) is 0.369. The van der Waals surface area contributed by atoms with Crippen molar-refractivity contribution in [1.82, 2.24) is 20.2 Å². The predicted molar refractivity (Wildman–Crippen MR) is 143 cm³/mol. The fraction of sp³-hybridized carbons (Fsp3) is 0.286. The molecule has 12 heteroatoms. The molecule has 3 aliphatic heterocycles. The lowest BCUT2D eigenvalue weighted by Crippen LogP contribution is -2.28. The van der Waals surface area contributed by atoms with Crippen LogP contribution in [-0.2, 0) is 29.9 Å². The average molecular weight is 544 g/mol. The van der Waals surface area contributed by atoms with Crippen LogP contribution in [0.2, 0.25) is 0 Å². The van der Waals surface area contributed by atoms with Gasteiger partial charge in [-0.05, 0) is 48.9 Å². The Morgan fingerprint density at radius 1 is 1.15 bits per heavy atom. The van der Waals surface area contributed by atoms with Gasteiger partial charge in [-0.2, -0.15) is 0 Å². The van der Waals surface area contributed by atoms with Crippen molar-refractivity contribution < 1.29 is 23.5 Å². The van der Waals surface area contributed by atoms with Crippen LogP contribution in [0.4, 0.5) is 0 Å². The maximum absolute atomic E-state index is 13.5. The summed E-state index contributed by atoms with van der Waals surface area (Å²) >= 11 is 0. The zero-order valence-electron chi connectivity index (χ0n) is 22.2. The molecule has 2 aromatic heterocycles. The molecule has 5 heterocycles. The van der Waals surface area contributed by atoms with Crippen LogP contribution in [0, 0.1) is 6.92 Å². The predicted octanol–water partition coefficient (Wildman–Crippen LogP) is 3.36. The lowest BCUT2D eigenvalue weighted by atomic mass is 9.98. The molecule has 0 fully saturated rings. The van der Waals surface area contributed by atoms with Crippen molar-refractivity contribution in [2.75, 3.05) is 6.54 Å². The third-order valence-corrected chi connectivity index (χ3v) is 6.80. The fourth-order valence-corrected chi connectivity index (χ4v) is 4.79. The summed E-state index contributed by atoms with van der Waals surface area (Å²) in [5, 5.41) is 17.3. The highest BCUT2D eigenvalue weighted by atomic mass is 16.6. The second-order valence-corrected chi connectivity index (χ2v) is 10.1. The van der Waals surface area contributed by atoms with Crippen LogP contribution < -0.4 is 11.4 Å². The molecule has 0 saturated heterocycles. The maximum atomic E-state index is 13.5. The van der Waals surface area contributed by atoms with Crippen molar-refractivity contribution in [3.8, 4) is 11.1 Å². The Labute approximate surface area is 228 Å². The van der Waals surface area contributed by atoms with E-state index in [1.165, 1.54) is 0 Å². The van der Waals surface area contributed by atoms with Gasteiger partial charge in [-0.1, -0.05) is 48.5 Å². The molecule has 0 aliphatic carbocycles. The van der Waals surface area contributed by atoms with E-state index in [9.17, 15) is 14.7 Å². The first-order chi connectivity index (χ1) is 19.2. The molecule has 0 amide bonds. The number of benzene rings is 2. The molecule has 0 radical (unpaired) electrons. The monoisotopic (exact) mass is 543 g/mol. The summed E-state index contributed by atoms with van der Waals surface area (Å²) in [6.07, 6.45) is 0.380. The van der Waals surface area contributed by atoms with E-state index in [0.29, 0.717) is 31.2 Å². The molecule has 0 unspecified atom stereocenters. The van der Waals surface area contributed by atoms with Gasteiger partial charge >= 0.3 is 11.8 Å². The minimum Gasteiger partial charge on any atom is -0.453 e. The number of nitrogens with one attached hydrogen (secondary N) is 1. The summed E-state index contributed by atoms with van der Waals surface area (Å²) in [4.78, 5) is 29.7. The van der Waals surface area contributed by atoms with Crippen molar-refractivity contribution in [3.05, 3.63) is 104 Å². The molecular weight excluding hydrogens is 516 g/mol. The van der Waals surface area contributed by atoms with Gasteiger partial charge in [0.05, 0.1) is 0 Å². The first-order valence-electron chi connectivity index (χ1n) is 12.8. The number of hydrogen-bond donors (Lipinski definition) is 2. The number of aryl methyl sites for hydroxylation is 1. The smallest absolute Gasteiger partial charge is 0.453 e. The van der Waals surface area contributed by atoms with Gasteiger partial charge in [0.1, 0.15) is 17.1 Å². The third kappa shape index (κ3) is 4.78. The topological polar surface area (TPSA) is 149 Å². The summed E-state index contributed by atoms with van der Waals surface area (Å²) in [5.74, 6) is -0.149. The number of hydrogen-bond acceptors (Lipinski definition) is 10. The molecule has 7 rings (SSSR count).